The Hall–Kier alpha value is -0.670. The fourth-order valence-electron chi connectivity index (χ4n) is 3.65. The molecule has 0 aromatic heterocycles. The van der Waals surface area contributed by atoms with Crippen molar-refractivity contribution in [2.24, 2.45) is 11.8 Å². The third-order valence-corrected chi connectivity index (χ3v) is 4.35. The predicted octanol–water partition coefficient (Wildman–Crippen LogP) is 2.45. The first kappa shape index (κ1) is 11.4. The lowest BCUT2D eigenvalue weighted by Gasteiger charge is -2.25. The Kier molecular flexibility index (Phi) is 2.46. The first-order valence-electron chi connectivity index (χ1n) is 6.54. The summed E-state index contributed by atoms with van der Waals surface area (Å²) in [5, 5.41) is 0. The zero-order valence-electron chi connectivity index (χ0n) is 10.6. The molecule has 3 fully saturated rings. The molecule has 3 aliphatic rings. The van der Waals surface area contributed by atoms with E-state index < -0.39 is 5.79 Å². The number of hydrogen-bond donors (Lipinski definition) is 0. The van der Waals surface area contributed by atoms with E-state index in [2.05, 4.69) is 6.58 Å². The van der Waals surface area contributed by atoms with Crippen LogP contribution < -0.4 is 0 Å². The number of ketones is 1. The van der Waals surface area contributed by atoms with Gasteiger partial charge in [-0.3, -0.25) is 4.79 Å². The van der Waals surface area contributed by atoms with E-state index in [1.807, 2.05) is 13.8 Å². The summed E-state index contributed by atoms with van der Waals surface area (Å²) in [5.41, 5.74) is 1.18. The molecule has 0 bridgehead atoms. The summed E-state index contributed by atoms with van der Waals surface area (Å²) < 4.78 is 12.0. The molecule has 0 aromatic rings. The maximum atomic E-state index is 12.1. The van der Waals surface area contributed by atoms with Gasteiger partial charge in [0.25, 0.3) is 0 Å². The van der Waals surface area contributed by atoms with Crippen LogP contribution in [-0.2, 0) is 14.3 Å². The number of carbonyl (C=O) groups excluding carboxylic acids is 1. The first-order valence-corrected chi connectivity index (χ1v) is 6.54. The van der Waals surface area contributed by atoms with Crippen molar-refractivity contribution in [3.05, 3.63) is 12.2 Å². The van der Waals surface area contributed by atoms with E-state index in [1.54, 1.807) is 0 Å². The second kappa shape index (κ2) is 3.66. The zero-order valence-corrected chi connectivity index (χ0v) is 10.6. The van der Waals surface area contributed by atoms with E-state index in [4.69, 9.17) is 9.47 Å². The maximum Gasteiger partial charge on any atom is 0.163 e. The topological polar surface area (TPSA) is 35.5 Å². The Morgan fingerprint density at radius 2 is 2.00 bits per heavy atom. The molecule has 1 heterocycles. The van der Waals surface area contributed by atoms with Crippen molar-refractivity contribution in [1.82, 2.24) is 0 Å². The Balaban J connectivity index is 1.93. The fourth-order valence-corrected chi connectivity index (χ4v) is 3.65. The highest BCUT2D eigenvalue weighted by atomic mass is 16.8. The van der Waals surface area contributed by atoms with Crippen LogP contribution >= 0.6 is 0 Å². The third-order valence-electron chi connectivity index (χ3n) is 4.35. The molecule has 0 spiro atoms. The zero-order chi connectivity index (χ0) is 12.2. The summed E-state index contributed by atoms with van der Waals surface area (Å²) in [5.74, 6) is 0.197. The summed E-state index contributed by atoms with van der Waals surface area (Å²) in [6, 6.07) is 0. The quantitative estimate of drug-likeness (QED) is 0.606. The highest BCUT2D eigenvalue weighted by Gasteiger charge is 2.52. The third kappa shape index (κ3) is 1.76. The lowest BCUT2D eigenvalue weighted by Crippen LogP contribution is -2.33. The van der Waals surface area contributed by atoms with Crippen LogP contribution in [0.15, 0.2) is 12.2 Å². The molecule has 94 valence electrons. The smallest absolute Gasteiger partial charge is 0.163 e. The normalized spacial score (nSPS) is 44.4. The monoisotopic (exact) mass is 236 g/mol. The van der Waals surface area contributed by atoms with Crippen molar-refractivity contribution in [2.75, 3.05) is 0 Å². The Labute approximate surface area is 102 Å². The van der Waals surface area contributed by atoms with Crippen LogP contribution in [0.5, 0.6) is 0 Å². The van der Waals surface area contributed by atoms with Crippen molar-refractivity contribution in [3.8, 4) is 0 Å². The maximum absolute atomic E-state index is 12.1. The largest absolute Gasteiger partial charge is 0.345 e. The van der Waals surface area contributed by atoms with Gasteiger partial charge in [-0.15, -0.1) is 0 Å². The van der Waals surface area contributed by atoms with Gasteiger partial charge in [-0.05, 0) is 33.1 Å². The highest BCUT2D eigenvalue weighted by molar-refractivity contribution is 5.82. The van der Waals surface area contributed by atoms with Gasteiger partial charge in [0.2, 0.25) is 0 Å². The molecule has 3 heteroatoms. The number of ether oxygens (including phenoxy) is 2. The average molecular weight is 236 g/mol. The number of hydrogen-bond acceptors (Lipinski definition) is 3. The van der Waals surface area contributed by atoms with E-state index in [9.17, 15) is 4.79 Å². The molecule has 0 unspecified atom stereocenters. The van der Waals surface area contributed by atoms with Crippen LogP contribution in [0.4, 0.5) is 0 Å². The lowest BCUT2D eigenvalue weighted by molar-refractivity contribution is -0.154. The van der Waals surface area contributed by atoms with Gasteiger partial charge in [-0.25, -0.2) is 0 Å². The van der Waals surface area contributed by atoms with Crippen LogP contribution in [0.25, 0.3) is 0 Å². The molecule has 3 rings (SSSR count). The molecule has 0 amide bonds. The molecule has 2 aliphatic carbocycles. The van der Waals surface area contributed by atoms with Crippen LogP contribution in [-0.4, -0.2) is 23.8 Å². The van der Waals surface area contributed by atoms with Crippen molar-refractivity contribution < 1.29 is 14.3 Å². The van der Waals surface area contributed by atoms with Crippen LogP contribution in [0.2, 0.25) is 0 Å². The predicted molar refractivity (Wildman–Crippen MR) is 63.4 cm³/mol. The molecule has 0 radical (unpaired) electrons. The van der Waals surface area contributed by atoms with E-state index in [-0.39, 0.29) is 24.0 Å². The lowest BCUT2D eigenvalue weighted by atomic mass is 9.86. The summed E-state index contributed by atoms with van der Waals surface area (Å²) in [4.78, 5) is 12.1. The van der Waals surface area contributed by atoms with E-state index in [1.165, 1.54) is 5.57 Å². The van der Waals surface area contributed by atoms with E-state index >= 15 is 0 Å². The molecule has 1 aliphatic heterocycles. The number of rotatable bonds is 0. The van der Waals surface area contributed by atoms with Gasteiger partial charge in [-0.1, -0.05) is 12.2 Å². The number of fused-ring (bicyclic) bond motifs is 3. The van der Waals surface area contributed by atoms with Crippen molar-refractivity contribution >= 4 is 5.78 Å². The van der Waals surface area contributed by atoms with Crippen molar-refractivity contribution in [2.45, 2.75) is 57.5 Å². The summed E-state index contributed by atoms with van der Waals surface area (Å²) in [7, 11) is 0. The Morgan fingerprint density at radius 1 is 1.24 bits per heavy atom. The SMILES string of the molecule is C=C1CC[C@H]2C(=O)CC[C@H]3OC(C)(C)O[C@H]3[C@@H]12. The highest BCUT2D eigenvalue weighted by Crippen LogP contribution is 2.48. The molecule has 1 saturated heterocycles. The Bertz CT molecular complexity index is 372. The average Bonchev–Trinajstić information content (AvgIpc) is 2.71. The first-order chi connectivity index (χ1) is 7.98. The standard InChI is InChI=1S/C14H20O3/c1-8-4-5-9-10(15)6-7-11-13(12(8)9)17-14(2,3)16-11/h9,11-13H,1,4-7H2,2-3H3/t9-,11+,12-,13+/m0/s1. The van der Waals surface area contributed by atoms with E-state index in [0.29, 0.717) is 12.2 Å². The number of Topliss-reactive ketones (excluding diaryl/α,β-unsaturated/α-hetero) is 1. The van der Waals surface area contributed by atoms with E-state index in [0.717, 1.165) is 19.3 Å². The molecule has 3 nitrogen and oxygen atoms in total. The van der Waals surface area contributed by atoms with Crippen molar-refractivity contribution in [1.29, 1.82) is 0 Å². The minimum Gasteiger partial charge on any atom is -0.345 e. The molecular weight excluding hydrogens is 216 g/mol. The molecule has 2 saturated carbocycles. The van der Waals surface area contributed by atoms with Gasteiger partial charge >= 0.3 is 0 Å². The van der Waals surface area contributed by atoms with Crippen LogP contribution in [0, 0.1) is 11.8 Å². The fraction of sp³-hybridized carbons (Fsp3) is 0.786. The molecule has 0 aromatic carbocycles. The molecule has 4 atom stereocenters. The second-order valence-corrected chi connectivity index (χ2v) is 5.97. The van der Waals surface area contributed by atoms with Gasteiger partial charge in [0.15, 0.2) is 5.79 Å². The number of carbonyl (C=O) groups is 1. The summed E-state index contributed by atoms with van der Waals surface area (Å²) in [6.07, 6.45) is 3.46. The van der Waals surface area contributed by atoms with Gasteiger partial charge in [0.1, 0.15) is 5.78 Å². The summed E-state index contributed by atoms with van der Waals surface area (Å²) in [6.45, 7) is 8.04. The molecule has 0 N–H and O–H groups in total. The molecular formula is C14H20O3. The van der Waals surface area contributed by atoms with Crippen LogP contribution in [0.3, 0.4) is 0 Å². The second-order valence-electron chi connectivity index (χ2n) is 5.97. The van der Waals surface area contributed by atoms with Crippen molar-refractivity contribution in [3.63, 3.8) is 0 Å². The van der Waals surface area contributed by atoms with Crippen LogP contribution in [0.1, 0.15) is 39.5 Å². The van der Waals surface area contributed by atoms with Gasteiger partial charge < -0.3 is 9.47 Å². The molecule has 17 heavy (non-hydrogen) atoms. The van der Waals surface area contributed by atoms with Gasteiger partial charge in [0, 0.05) is 18.3 Å². The Morgan fingerprint density at radius 3 is 2.76 bits per heavy atom. The van der Waals surface area contributed by atoms with Gasteiger partial charge in [0.05, 0.1) is 12.2 Å². The minimum absolute atomic E-state index is 0.0384. The summed E-state index contributed by atoms with van der Waals surface area (Å²) >= 11 is 0. The van der Waals surface area contributed by atoms with Gasteiger partial charge in [-0.2, -0.15) is 0 Å². The minimum atomic E-state index is -0.511.